The maximum atomic E-state index is 11.5. The fraction of sp³-hybridized carbons (Fsp3) is 0.385. The minimum absolute atomic E-state index is 0.103. The van der Waals surface area contributed by atoms with Crippen molar-refractivity contribution in [2.75, 3.05) is 18.8 Å². The van der Waals surface area contributed by atoms with E-state index in [1.807, 2.05) is 0 Å². The predicted octanol–water partition coefficient (Wildman–Crippen LogP) is -0.351. The monoisotopic (exact) mass is 263 g/mol. The predicted molar refractivity (Wildman–Crippen MR) is 70.0 cm³/mol. The first-order valence-corrected chi connectivity index (χ1v) is 6.08. The maximum Gasteiger partial charge on any atom is 0.243 e. The van der Waals surface area contributed by atoms with Gasteiger partial charge in [-0.1, -0.05) is 12.1 Å². The van der Waals surface area contributed by atoms with Crippen LogP contribution in [0.2, 0.25) is 0 Å². The Bertz CT molecular complexity index is 504. The largest absolute Gasteiger partial charge is 0.399 e. The molecule has 0 aromatic heterocycles. The van der Waals surface area contributed by atoms with Crippen LogP contribution in [0.15, 0.2) is 24.3 Å². The second-order valence-corrected chi connectivity index (χ2v) is 4.70. The SMILES string of the molecule is CC1C(=O)NC(=O)CN1CC(O)c1cccc(N)c1. The number of carbonyl (C=O) groups excluding carboxylic acids is 2. The lowest BCUT2D eigenvalue weighted by Gasteiger charge is -2.33. The molecule has 2 rings (SSSR count). The van der Waals surface area contributed by atoms with Gasteiger partial charge < -0.3 is 10.8 Å². The summed E-state index contributed by atoms with van der Waals surface area (Å²) in [6, 6.07) is 6.49. The van der Waals surface area contributed by atoms with Crippen LogP contribution in [0.25, 0.3) is 0 Å². The highest BCUT2D eigenvalue weighted by atomic mass is 16.3. The second kappa shape index (κ2) is 5.38. The molecule has 1 aromatic carbocycles. The molecule has 6 nitrogen and oxygen atoms in total. The second-order valence-electron chi connectivity index (χ2n) is 4.70. The molecule has 0 bridgehead atoms. The molecule has 1 saturated heterocycles. The van der Waals surface area contributed by atoms with Gasteiger partial charge in [0.15, 0.2) is 0 Å². The van der Waals surface area contributed by atoms with Crippen LogP contribution >= 0.6 is 0 Å². The van der Waals surface area contributed by atoms with Crippen LogP contribution in [0.5, 0.6) is 0 Å². The van der Waals surface area contributed by atoms with E-state index in [4.69, 9.17) is 5.73 Å². The standard InChI is InChI=1S/C13H17N3O3/c1-8-13(19)15-12(18)7-16(8)6-11(17)9-3-2-4-10(14)5-9/h2-5,8,11,17H,6-7,14H2,1H3,(H,15,18,19). The third-order valence-electron chi connectivity index (χ3n) is 3.24. The lowest BCUT2D eigenvalue weighted by atomic mass is 10.1. The Kier molecular flexibility index (Phi) is 3.82. The Morgan fingerprint density at radius 3 is 2.95 bits per heavy atom. The van der Waals surface area contributed by atoms with Gasteiger partial charge in [0.05, 0.1) is 18.7 Å². The van der Waals surface area contributed by atoms with Gasteiger partial charge in [-0.3, -0.25) is 19.8 Å². The average molecular weight is 263 g/mol. The van der Waals surface area contributed by atoms with E-state index >= 15 is 0 Å². The number of piperazine rings is 1. The van der Waals surface area contributed by atoms with Crippen molar-refractivity contribution < 1.29 is 14.7 Å². The van der Waals surface area contributed by atoms with Crippen LogP contribution in [0.3, 0.4) is 0 Å². The van der Waals surface area contributed by atoms with Gasteiger partial charge >= 0.3 is 0 Å². The minimum atomic E-state index is -0.787. The number of β-amino-alcohol motifs (C(OH)–C–C–N with tert-alkyl or cyclic N) is 1. The van der Waals surface area contributed by atoms with Crippen LogP contribution in [-0.2, 0) is 9.59 Å². The number of hydrogen-bond acceptors (Lipinski definition) is 5. The van der Waals surface area contributed by atoms with E-state index < -0.39 is 12.1 Å². The molecule has 6 heteroatoms. The van der Waals surface area contributed by atoms with Gasteiger partial charge in [0, 0.05) is 12.2 Å². The highest BCUT2D eigenvalue weighted by molar-refractivity contribution is 6.00. The first-order valence-electron chi connectivity index (χ1n) is 6.08. The summed E-state index contributed by atoms with van der Waals surface area (Å²) in [7, 11) is 0. The normalized spacial score (nSPS) is 22.1. The molecule has 0 spiro atoms. The molecule has 0 aliphatic carbocycles. The van der Waals surface area contributed by atoms with E-state index in [1.54, 1.807) is 36.1 Å². The van der Waals surface area contributed by atoms with Crippen molar-refractivity contribution in [2.45, 2.75) is 19.1 Å². The van der Waals surface area contributed by atoms with Crippen molar-refractivity contribution in [3.05, 3.63) is 29.8 Å². The highest BCUT2D eigenvalue weighted by Gasteiger charge is 2.31. The summed E-state index contributed by atoms with van der Waals surface area (Å²) in [6.07, 6.45) is -0.787. The molecule has 1 aliphatic heterocycles. The molecule has 2 amide bonds. The third kappa shape index (κ3) is 3.10. The van der Waals surface area contributed by atoms with Gasteiger partial charge in [-0.05, 0) is 24.6 Å². The Morgan fingerprint density at radius 1 is 1.53 bits per heavy atom. The number of aliphatic hydroxyl groups excluding tert-OH is 1. The number of aliphatic hydroxyl groups is 1. The number of imide groups is 1. The molecule has 0 radical (unpaired) electrons. The summed E-state index contributed by atoms with van der Waals surface area (Å²) in [4.78, 5) is 24.5. The quantitative estimate of drug-likeness (QED) is 0.511. The lowest BCUT2D eigenvalue weighted by molar-refractivity contribution is -0.140. The molecule has 4 N–H and O–H groups in total. The van der Waals surface area contributed by atoms with Crippen LogP contribution in [0, 0.1) is 0 Å². The zero-order chi connectivity index (χ0) is 14.0. The number of nitrogen functional groups attached to an aromatic ring is 1. The number of benzene rings is 1. The topological polar surface area (TPSA) is 95.7 Å². The third-order valence-corrected chi connectivity index (χ3v) is 3.24. The maximum absolute atomic E-state index is 11.5. The fourth-order valence-corrected chi connectivity index (χ4v) is 2.09. The van der Waals surface area contributed by atoms with E-state index in [-0.39, 0.29) is 24.9 Å². The number of nitrogens with zero attached hydrogens (tertiary/aromatic N) is 1. The smallest absolute Gasteiger partial charge is 0.243 e. The summed E-state index contributed by atoms with van der Waals surface area (Å²) in [6.45, 7) is 2.02. The molecule has 1 fully saturated rings. The van der Waals surface area contributed by atoms with Crippen molar-refractivity contribution in [2.24, 2.45) is 0 Å². The van der Waals surface area contributed by atoms with Crippen LogP contribution < -0.4 is 11.1 Å². The molecule has 2 atom stereocenters. The van der Waals surface area contributed by atoms with Crippen molar-refractivity contribution in [1.29, 1.82) is 0 Å². The molecule has 1 aromatic rings. The molecule has 2 unspecified atom stereocenters. The number of nitrogens with one attached hydrogen (secondary N) is 1. The van der Waals surface area contributed by atoms with Gasteiger partial charge in [-0.25, -0.2) is 0 Å². The molecule has 1 aliphatic rings. The molecular weight excluding hydrogens is 246 g/mol. The molecular formula is C13H17N3O3. The van der Waals surface area contributed by atoms with Crippen molar-refractivity contribution in [3.8, 4) is 0 Å². The summed E-state index contributed by atoms with van der Waals surface area (Å²) in [5, 5.41) is 12.4. The summed E-state index contributed by atoms with van der Waals surface area (Å²) < 4.78 is 0. The number of nitrogens with two attached hydrogens (primary N) is 1. The first kappa shape index (κ1) is 13.5. The Morgan fingerprint density at radius 2 is 2.26 bits per heavy atom. The summed E-state index contributed by atoms with van der Waals surface area (Å²) in [5.41, 5.74) is 6.90. The Balaban J connectivity index is 2.07. The molecule has 19 heavy (non-hydrogen) atoms. The first-order chi connectivity index (χ1) is 8.97. The van der Waals surface area contributed by atoms with Gasteiger partial charge in [0.2, 0.25) is 11.8 Å². The Labute approximate surface area is 111 Å². The van der Waals surface area contributed by atoms with Crippen LogP contribution in [0.1, 0.15) is 18.6 Å². The van der Waals surface area contributed by atoms with E-state index in [2.05, 4.69) is 5.32 Å². The summed E-state index contributed by atoms with van der Waals surface area (Å²) in [5.74, 6) is -0.682. The van der Waals surface area contributed by atoms with Gasteiger partial charge in [-0.15, -0.1) is 0 Å². The van der Waals surface area contributed by atoms with E-state index in [9.17, 15) is 14.7 Å². The lowest BCUT2D eigenvalue weighted by Crippen LogP contribution is -2.57. The van der Waals surface area contributed by atoms with Gasteiger partial charge in [-0.2, -0.15) is 0 Å². The zero-order valence-corrected chi connectivity index (χ0v) is 10.7. The fourth-order valence-electron chi connectivity index (χ4n) is 2.09. The van der Waals surface area contributed by atoms with Gasteiger partial charge in [0.1, 0.15) is 0 Å². The minimum Gasteiger partial charge on any atom is -0.399 e. The number of anilines is 1. The zero-order valence-electron chi connectivity index (χ0n) is 10.7. The number of carbonyl (C=O) groups is 2. The van der Waals surface area contributed by atoms with Crippen molar-refractivity contribution >= 4 is 17.5 Å². The van der Waals surface area contributed by atoms with E-state index in [0.29, 0.717) is 11.3 Å². The van der Waals surface area contributed by atoms with E-state index in [1.165, 1.54) is 0 Å². The Hall–Kier alpha value is -1.92. The highest BCUT2D eigenvalue weighted by Crippen LogP contribution is 2.18. The van der Waals surface area contributed by atoms with E-state index in [0.717, 1.165) is 0 Å². The van der Waals surface area contributed by atoms with Crippen LogP contribution in [-0.4, -0.2) is 41.0 Å². The summed E-state index contributed by atoms with van der Waals surface area (Å²) >= 11 is 0. The molecule has 1 heterocycles. The van der Waals surface area contributed by atoms with Crippen LogP contribution in [0.4, 0.5) is 5.69 Å². The molecule has 0 saturated carbocycles. The van der Waals surface area contributed by atoms with Gasteiger partial charge in [0.25, 0.3) is 0 Å². The average Bonchev–Trinajstić information content (AvgIpc) is 2.35. The molecule has 102 valence electrons. The van der Waals surface area contributed by atoms with Crippen molar-refractivity contribution in [1.82, 2.24) is 10.2 Å². The number of rotatable bonds is 3. The number of hydrogen-bond donors (Lipinski definition) is 3. The number of amides is 2. The van der Waals surface area contributed by atoms with Crippen molar-refractivity contribution in [3.63, 3.8) is 0 Å².